The molecular weight excluding hydrogens is 288 g/mol. The third kappa shape index (κ3) is 6.18. The fourth-order valence-corrected chi connectivity index (χ4v) is 1.42. The predicted octanol–water partition coefficient (Wildman–Crippen LogP) is 0.804. The van der Waals surface area contributed by atoms with Crippen molar-refractivity contribution in [1.29, 1.82) is 0 Å². The number of nitrogens with one attached hydrogen (secondary N) is 2. The summed E-state index contributed by atoms with van der Waals surface area (Å²) in [6.07, 6.45) is 1.84. The van der Waals surface area contributed by atoms with Crippen LogP contribution in [0, 0.1) is 0 Å². The Labute approximate surface area is 108 Å². The van der Waals surface area contributed by atoms with Gasteiger partial charge in [0.25, 0.3) is 0 Å². The highest BCUT2D eigenvalue weighted by molar-refractivity contribution is 9.10. The van der Waals surface area contributed by atoms with Crippen LogP contribution in [0.25, 0.3) is 0 Å². The van der Waals surface area contributed by atoms with E-state index in [2.05, 4.69) is 36.5 Å². The number of hydrogen-bond acceptors (Lipinski definition) is 5. The first kappa shape index (κ1) is 13.9. The van der Waals surface area contributed by atoms with E-state index in [0.717, 1.165) is 0 Å². The van der Waals surface area contributed by atoms with E-state index < -0.39 is 0 Å². The number of halogens is 1. The van der Waals surface area contributed by atoms with Crippen molar-refractivity contribution in [2.45, 2.75) is 6.42 Å². The van der Waals surface area contributed by atoms with Gasteiger partial charge in [-0.3, -0.25) is 4.79 Å². The lowest BCUT2D eigenvalue weighted by molar-refractivity contribution is -0.121. The van der Waals surface area contributed by atoms with Gasteiger partial charge >= 0.3 is 0 Å². The van der Waals surface area contributed by atoms with Crippen molar-refractivity contribution < 1.29 is 9.53 Å². The zero-order valence-corrected chi connectivity index (χ0v) is 11.2. The number of nitrogens with zero attached hydrogens (tertiary/aromatic N) is 2. The minimum Gasteiger partial charge on any atom is -0.383 e. The highest BCUT2D eigenvalue weighted by Gasteiger charge is 2.01. The van der Waals surface area contributed by atoms with Crippen LogP contribution in [0.2, 0.25) is 0 Å². The normalized spacial score (nSPS) is 10.0. The summed E-state index contributed by atoms with van der Waals surface area (Å²) < 4.78 is 5.53. The van der Waals surface area contributed by atoms with Gasteiger partial charge in [-0.15, -0.1) is 0 Å². The van der Waals surface area contributed by atoms with Crippen LogP contribution in [0.3, 0.4) is 0 Å². The highest BCUT2D eigenvalue weighted by atomic mass is 79.9. The zero-order valence-electron chi connectivity index (χ0n) is 9.57. The van der Waals surface area contributed by atoms with E-state index in [0.29, 0.717) is 36.5 Å². The molecule has 1 amide bonds. The number of anilines is 1. The second-order valence-corrected chi connectivity index (χ2v) is 4.06. The maximum atomic E-state index is 11.3. The molecule has 2 N–H and O–H groups in total. The molecule has 0 aliphatic rings. The van der Waals surface area contributed by atoms with Crippen LogP contribution < -0.4 is 10.6 Å². The number of carbonyl (C=O) groups excluding carboxylic acids is 1. The molecule has 0 atom stereocenters. The number of carbonyl (C=O) groups is 1. The standard InChI is InChI=1S/C10H15BrN4O2/c1-17-5-4-13-10(16)2-3-12-9-6-8(11)14-7-15-9/h6-7H,2-5H2,1H3,(H,13,16)(H,12,14,15). The Morgan fingerprint density at radius 2 is 2.29 bits per heavy atom. The molecule has 0 saturated carbocycles. The molecule has 94 valence electrons. The minimum atomic E-state index is -0.0114. The average Bonchev–Trinajstić information content (AvgIpc) is 2.29. The van der Waals surface area contributed by atoms with Crippen molar-refractivity contribution in [3.8, 4) is 0 Å². The molecule has 1 heterocycles. The molecule has 0 aromatic carbocycles. The van der Waals surface area contributed by atoms with Crippen LogP contribution >= 0.6 is 15.9 Å². The lowest BCUT2D eigenvalue weighted by Gasteiger charge is -2.06. The second-order valence-electron chi connectivity index (χ2n) is 3.25. The van der Waals surface area contributed by atoms with Gasteiger partial charge in [-0.25, -0.2) is 9.97 Å². The molecule has 0 saturated heterocycles. The van der Waals surface area contributed by atoms with E-state index in [1.54, 1.807) is 13.2 Å². The van der Waals surface area contributed by atoms with Gasteiger partial charge in [0.15, 0.2) is 0 Å². The lowest BCUT2D eigenvalue weighted by Crippen LogP contribution is -2.28. The average molecular weight is 303 g/mol. The van der Waals surface area contributed by atoms with Crippen LogP contribution in [-0.4, -0.2) is 42.7 Å². The van der Waals surface area contributed by atoms with Gasteiger partial charge in [-0.2, -0.15) is 0 Å². The molecule has 0 bridgehead atoms. The number of ether oxygens (including phenoxy) is 1. The van der Waals surface area contributed by atoms with E-state index in [-0.39, 0.29) is 5.91 Å². The van der Waals surface area contributed by atoms with Gasteiger partial charge in [0.05, 0.1) is 6.61 Å². The molecule has 6 nitrogen and oxygen atoms in total. The Bertz CT molecular complexity index is 362. The van der Waals surface area contributed by atoms with Gasteiger partial charge in [0, 0.05) is 32.7 Å². The third-order valence-electron chi connectivity index (χ3n) is 1.92. The van der Waals surface area contributed by atoms with Crippen molar-refractivity contribution in [2.24, 2.45) is 0 Å². The summed E-state index contributed by atoms with van der Waals surface area (Å²) in [5.41, 5.74) is 0. The maximum absolute atomic E-state index is 11.3. The SMILES string of the molecule is COCCNC(=O)CCNc1cc(Br)ncn1. The fourth-order valence-electron chi connectivity index (χ4n) is 1.12. The molecule has 0 aliphatic heterocycles. The Morgan fingerprint density at radius 1 is 1.47 bits per heavy atom. The largest absolute Gasteiger partial charge is 0.383 e. The number of hydrogen-bond donors (Lipinski definition) is 2. The van der Waals surface area contributed by atoms with Crippen molar-refractivity contribution >= 4 is 27.7 Å². The summed E-state index contributed by atoms with van der Waals surface area (Å²) >= 11 is 3.24. The lowest BCUT2D eigenvalue weighted by atomic mass is 10.4. The predicted molar refractivity (Wildman–Crippen MR) is 67.7 cm³/mol. The Hall–Kier alpha value is -1.21. The van der Waals surface area contributed by atoms with Crippen molar-refractivity contribution in [2.75, 3.05) is 32.1 Å². The molecular formula is C10H15BrN4O2. The minimum absolute atomic E-state index is 0.0114. The molecule has 0 radical (unpaired) electrons. The molecule has 7 heteroatoms. The first-order valence-electron chi connectivity index (χ1n) is 5.19. The fraction of sp³-hybridized carbons (Fsp3) is 0.500. The Morgan fingerprint density at radius 3 is 3.00 bits per heavy atom. The molecule has 1 aromatic heterocycles. The summed E-state index contributed by atoms with van der Waals surface area (Å²) in [6, 6.07) is 1.75. The van der Waals surface area contributed by atoms with E-state index >= 15 is 0 Å². The first-order valence-corrected chi connectivity index (χ1v) is 5.98. The maximum Gasteiger partial charge on any atom is 0.221 e. The van der Waals surface area contributed by atoms with Crippen LogP contribution in [-0.2, 0) is 9.53 Å². The number of amides is 1. The van der Waals surface area contributed by atoms with Gasteiger partial charge in [0.2, 0.25) is 5.91 Å². The smallest absolute Gasteiger partial charge is 0.221 e. The van der Waals surface area contributed by atoms with Gasteiger partial charge in [0.1, 0.15) is 16.7 Å². The van der Waals surface area contributed by atoms with E-state index in [1.165, 1.54) is 6.33 Å². The molecule has 0 fully saturated rings. The van der Waals surface area contributed by atoms with Crippen LogP contribution in [0.5, 0.6) is 0 Å². The summed E-state index contributed by atoms with van der Waals surface area (Å²) in [5.74, 6) is 0.680. The molecule has 1 rings (SSSR count). The number of aromatic nitrogens is 2. The molecule has 1 aromatic rings. The molecule has 0 unspecified atom stereocenters. The van der Waals surface area contributed by atoms with Crippen molar-refractivity contribution in [1.82, 2.24) is 15.3 Å². The summed E-state index contributed by atoms with van der Waals surface area (Å²) in [4.78, 5) is 19.2. The second kappa shape index (κ2) is 7.97. The van der Waals surface area contributed by atoms with E-state index in [4.69, 9.17) is 4.74 Å². The van der Waals surface area contributed by atoms with Gasteiger partial charge in [-0.05, 0) is 15.9 Å². The zero-order chi connectivity index (χ0) is 12.5. The number of rotatable bonds is 7. The molecule has 17 heavy (non-hydrogen) atoms. The monoisotopic (exact) mass is 302 g/mol. The highest BCUT2D eigenvalue weighted by Crippen LogP contribution is 2.08. The summed E-state index contributed by atoms with van der Waals surface area (Å²) in [5, 5.41) is 5.77. The van der Waals surface area contributed by atoms with Crippen LogP contribution in [0.1, 0.15) is 6.42 Å². The van der Waals surface area contributed by atoms with E-state index in [1.807, 2.05) is 0 Å². The first-order chi connectivity index (χ1) is 8.22. The molecule has 0 spiro atoms. The van der Waals surface area contributed by atoms with Gasteiger partial charge in [-0.1, -0.05) is 0 Å². The quantitative estimate of drug-likeness (QED) is 0.576. The van der Waals surface area contributed by atoms with Gasteiger partial charge < -0.3 is 15.4 Å². The van der Waals surface area contributed by atoms with Crippen LogP contribution in [0.4, 0.5) is 5.82 Å². The Balaban J connectivity index is 2.17. The summed E-state index contributed by atoms with van der Waals surface area (Å²) in [6.45, 7) is 1.59. The van der Waals surface area contributed by atoms with Crippen LogP contribution in [0.15, 0.2) is 17.0 Å². The third-order valence-corrected chi connectivity index (χ3v) is 2.35. The van der Waals surface area contributed by atoms with E-state index in [9.17, 15) is 4.79 Å². The number of methoxy groups -OCH3 is 1. The van der Waals surface area contributed by atoms with Crippen molar-refractivity contribution in [3.05, 3.63) is 17.0 Å². The topological polar surface area (TPSA) is 76.1 Å². The summed E-state index contributed by atoms with van der Waals surface area (Å²) in [7, 11) is 1.60. The van der Waals surface area contributed by atoms with Crippen molar-refractivity contribution in [3.63, 3.8) is 0 Å². The molecule has 0 aliphatic carbocycles. The Kier molecular flexibility index (Phi) is 6.49.